The first-order valence-electron chi connectivity index (χ1n) is 14.4. The van der Waals surface area contributed by atoms with Crippen LogP contribution in [0, 0.1) is 0 Å². The molecule has 6 aromatic carbocycles. The lowest BCUT2D eigenvalue weighted by Gasteiger charge is -2.09. The number of benzene rings is 6. The lowest BCUT2D eigenvalue weighted by molar-refractivity contribution is 0.669. The van der Waals surface area contributed by atoms with Gasteiger partial charge >= 0.3 is 0 Å². The SMILES string of the molecule is c1ccc(-c2ccc(-c3ccc4c(c3)oc3cc(-c5nc(-c6ccccc6)cc(-c6ccccc6)n5)ccc34)cc2)cc1. The highest BCUT2D eigenvalue weighted by Gasteiger charge is 2.14. The third-order valence-corrected chi connectivity index (χ3v) is 7.92. The number of fused-ring (bicyclic) bond motifs is 3. The predicted octanol–water partition coefficient (Wildman–Crippen LogP) is 10.7. The molecule has 0 atom stereocenters. The lowest BCUT2D eigenvalue weighted by Crippen LogP contribution is -1.95. The predicted molar refractivity (Wildman–Crippen MR) is 176 cm³/mol. The molecule has 0 radical (unpaired) electrons. The van der Waals surface area contributed by atoms with Gasteiger partial charge in [0, 0.05) is 27.5 Å². The third-order valence-electron chi connectivity index (χ3n) is 7.92. The lowest BCUT2D eigenvalue weighted by atomic mass is 9.99. The molecule has 0 unspecified atom stereocenters. The van der Waals surface area contributed by atoms with E-state index in [0.29, 0.717) is 5.82 Å². The maximum Gasteiger partial charge on any atom is 0.160 e. The monoisotopic (exact) mass is 550 g/mol. The summed E-state index contributed by atoms with van der Waals surface area (Å²) >= 11 is 0. The van der Waals surface area contributed by atoms with Crippen molar-refractivity contribution in [3.63, 3.8) is 0 Å². The summed E-state index contributed by atoms with van der Waals surface area (Å²) in [7, 11) is 0. The molecule has 0 fully saturated rings. The van der Waals surface area contributed by atoms with E-state index in [9.17, 15) is 0 Å². The maximum absolute atomic E-state index is 6.44. The Morgan fingerprint density at radius 2 is 0.721 bits per heavy atom. The van der Waals surface area contributed by atoms with E-state index < -0.39 is 0 Å². The molecule has 3 nitrogen and oxygen atoms in total. The van der Waals surface area contributed by atoms with Crippen LogP contribution in [0.25, 0.3) is 78.1 Å². The van der Waals surface area contributed by atoms with Gasteiger partial charge < -0.3 is 4.42 Å². The summed E-state index contributed by atoms with van der Waals surface area (Å²) in [5.74, 6) is 0.668. The molecule has 8 aromatic rings. The molecule has 43 heavy (non-hydrogen) atoms. The Hall–Kier alpha value is -5.80. The second kappa shape index (κ2) is 10.6. The molecule has 0 saturated carbocycles. The van der Waals surface area contributed by atoms with Crippen molar-refractivity contribution in [1.82, 2.24) is 9.97 Å². The Kier molecular flexibility index (Phi) is 6.12. The van der Waals surface area contributed by atoms with Gasteiger partial charge in [-0.25, -0.2) is 9.97 Å². The molecule has 0 N–H and O–H groups in total. The number of hydrogen-bond acceptors (Lipinski definition) is 3. The zero-order valence-electron chi connectivity index (χ0n) is 23.3. The van der Waals surface area contributed by atoms with Crippen molar-refractivity contribution in [3.8, 4) is 56.2 Å². The molecular formula is C40H26N2O. The van der Waals surface area contributed by atoms with Gasteiger partial charge in [0.15, 0.2) is 5.82 Å². The van der Waals surface area contributed by atoms with Crippen molar-refractivity contribution < 1.29 is 4.42 Å². The van der Waals surface area contributed by atoms with Gasteiger partial charge in [-0.15, -0.1) is 0 Å². The summed E-state index contributed by atoms with van der Waals surface area (Å²) in [6.45, 7) is 0. The highest BCUT2D eigenvalue weighted by molar-refractivity contribution is 6.06. The number of aromatic nitrogens is 2. The zero-order chi connectivity index (χ0) is 28.6. The van der Waals surface area contributed by atoms with Crippen LogP contribution in [-0.2, 0) is 0 Å². The van der Waals surface area contributed by atoms with E-state index in [1.165, 1.54) is 11.1 Å². The Morgan fingerprint density at radius 1 is 0.326 bits per heavy atom. The summed E-state index contributed by atoms with van der Waals surface area (Å²) in [6.07, 6.45) is 0. The number of hydrogen-bond donors (Lipinski definition) is 0. The largest absolute Gasteiger partial charge is 0.456 e. The first kappa shape index (κ1) is 25.0. The Labute approximate surface area is 249 Å². The van der Waals surface area contributed by atoms with E-state index in [-0.39, 0.29) is 0 Å². The molecule has 2 heterocycles. The van der Waals surface area contributed by atoms with E-state index in [1.807, 2.05) is 42.5 Å². The van der Waals surface area contributed by atoms with Gasteiger partial charge in [-0.05, 0) is 52.6 Å². The Balaban J connectivity index is 1.19. The molecule has 0 aliphatic rings. The van der Waals surface area contributed by atoms with Gasteiger partial charge in [0.25, 0.3) is 0 Å². The van der Waals surface area contributed by atoms with Crippen LogP contribution in [0.1, 0.15) is 0 Å². The normalized spacial score (nSPS) is 11.3. The van der Waals surface area contributed by atoms with Gasteiger partial charge in [-0.3, -0.25) is 0 Å². The molecule has 202 valence electrons. The first-order chi connectivity index (χ1) is 21.3. The molecule has 0 aliphatic carbocycles. The summed E-state index contributed by atoms with van der Waals surface area (Å²) in [4.78, 5) is 9.98. The molecule has 0 spiro atoms. The van der Waals surface area contributed by atoms with Crippen LogP contribution in [0.2, 0.25) is 0 Å². The van der Waals surface area contributed by atoms with Gasteiger partial charge in [0.2, 0.25) is 0 Å². The minimum Gasteiger partial charge on any atom is -0.456 e. The number of rotatable bonds is 5. The summed E-state index contributed by atoms with van der Waals surface area (Å²) in [5, 5.41) is 2.17. The average Bonchev–Trinajstić information content (AvgIpc) is 3.46. The maximum atomic E-state index is 6.44. The molecule has 0 aliphatic heterocycles. The highest BCUT2D eigenvalue weighted by atomic mass is 16.3. The second-order valence-electron chi connectivity index (χ2n) is 10.7. The second-order valence-corrected chi connectivity index (χ2v) is 10.7. The quantitative estimate of drug-likeness (QED) is 0.214. The molecule has 8 rings (SSSR count). The van der Waals surface area contributed by atoms with Crippen molar-refractivity contribution >= 4 is 21.9 Å². The number of nitrogens with zero attached hydrogens (tertiary/aromatic N) is 2. The third kappa shape index (κ3) is 4.77. The number of furan rings is 1. The van der Waals surface area contributed by atoms with Gasteiger partial charge in [-0.1, -0.05) is 127 Å². The van der Waals surface area contributed by atoms with Crippen LogP contribution >= 0.6 is 0 Å². The minimum atomic E-state index is 0.668. The van der Waals surface area contributed by atoms with Crippen LogP contribution in [0.5, 0.6) is 0 Å². The van der Waals surface area contributed by atoms with Crippen LogP contribution < -0.4 is 0 Å². The minimum absolute atomic E-state index is 0.668. The molecular weight excluding hydrogens is 524 g/mol. The zero-order valence-corrected chi connectivity index (χ0v) is 23.3. The topological polar surface area (TPSA) is 38.9 Å². The average molecular weight is 551 g/mol. The smallest absolute Gasteiger partial charge is 0.160 e. The molecule has 0 bridgehead atoms. The van der Waals surface area contributed by atoms with E-state index in [4.69, 9.17) is 14.4 Å². The van der Waals surface area contributed by atoms with Crippen LogP contribution in [0.4, 0.5) is 0 Å². The fourth-order valence-corrected chi connectivity index (χ4v) is 5.67. The van der Waals surface area contributed by atoms with Crippen LogP contribution in [0.15, 0.2) is 162 Å². The van der Waals surface area contributed by atoms with Crippen molar-refractivity contribution in [1.29, 1.82) is 0 Å². The van der Waals surface area contributed by atoms with Crippen LogP contribution in [-0.4, -0.2) is 9.97 Å². The fraction of sp³-hybridized carbons (Fsp3) is 0. The van der Waals surface area contributed by atoms with E-state index in [1.54, 1.807) is 0 Å². The first-order valence-corrected chi connectivity index (χ1v) is 14.4. The van der Waals surface area contributed by atoms with E-state index in [2.05, 4.69) is 115 Å². The Bertz CT molecular complexity index is 2140. The van der Waals surface area contributed by atoms with Crippen molar-refractivity contribution in [3.05, 3.63) is 158 Å². The van der Waals surface area contributed by atoms with Gasteiger partial charge in [0.1, 0.15) is 11.2 Å². The summed E-state index contributed by atoms with van der Waals surface area (Å²) in [6, 6.07) is 54.4. The molecule has 2 aromatic heterocycles. The molecule has 0 amide bonds. The Morgan fingerprint density at radius 3 is 1.26 bits per heavy atom. The molecule has 0 saturated heterocycles. The standard InChI is InChI=1S/C40H26N2O/c1-4-10-27(11-5-1)28-16-18-29(19-17-28)32-20-22-34-35-23-21-33(25-39(35)43-38(34)24-32)40-41-36(30-12-6-2-7-13-30)26-37(42-40)31-14-8-3-9-15-31/h1-26H. The van der Waals surface area contributed by atoms with Crippen molar-refractivity contribution in [2.24, 2.45) is 0 Å². The molecule has 3 heteroatoms. The summed E-state index contributed by atoms with van der Waals surface area (Å²) in [5.41, 5.74) is 11.2. The van der Waals surface area contributed by atoms with Gasteiger partial charge in [0.05, 0.1) is 11.4 Å². The summed E-state index contributed by atoms with van der Waals surface area (Å²) < 4.78 is 6.44. The fourth-order valence-electron chi connectivity index (χ4n) is 5.67. The van der Waals surface area contributed by atoms with Gasteiger partial charge in [-0.2, -0.15) is 0 Å². The van der Waals surface area contributed by atoms with Crippen LogP contribution in [0.3, 0.4) is 0 Å². The van der Waals surface area contributed by atoms with Crippen molar-refractivity contribution in [2.45, 2.75) is 0 Å². The van der Waals surface area contributed by atoms with E-state index >= 15 is 0 Å². The highest BCUT2D eigenvalue weighted by Crippen LogP contribution is 2.35. The van der Waals surface area contributed by atoms with Crippen molar-refractivity contribution in [2.75, 3.05) is 0 Å². The van der Waals surface area contributed by atoms with E-state index in [0.717, 1.165) is 61.1 Å².